The van der Waals surface area contributed by atoms with E-state index >= 15 is 0 Å². The van der Waals surface area contributed by atoms with Crippen molar-refractivity contribution in [3.63, 3.8) is 0 Å². The van der Waals surface area contributed by atoms with Gasteiger partial charge in [0.2, 0.25) is 5.91 Å². The minimum absolute atomic E-state index is 0.0348. The summed E-state index contributed by atoms with van der Waals surface area (Å²) in [5.41, 5.74) is 1.84. The zero-order valence-electron chi connectivity index (χ0n) is 12.3. The second kappa shape index (κ2) is 6.46. The van der Waals surface area contributed by atoms with Crippen LogP contribution in [0.3, 0.4) is 0 Å². The zero-order chi connectivity index (χ0) is 15.4. The van der Waals surface area contributed by atoms with Gasteiger partial charge in [-0.3, -0.25) is 4.79 Å². The first kappa shape index (κ1) is 14.4. The largest absolute Gasteiger partial charge is 0.337 e. The highest BCUT2D eigenvalue weighted by molar-refractivity contribution is 5.80. The molecule has 1 amide bonds. The molecule has 0 radical (unpaired) electrons. The number of carbonyl (C=O) groups excluding carboxylic acids is 1. The second-order valence-corrected chi connectivity index (χ2v) is 5.28. The van der Waals surface area contributed by atoms with Gasteiger partial charge in [0, 0.05) is 11.1 Å². The van der Waals surface area contributed by atoms with E-state index in [1.807, 2.05) is 67.6 Å². The summed E-state index contributed by atoms with van der Waals surface area (Å²) in [7, 11) is 0. The van der Waals surface area contributed by atoms with Gasteiger partial charge in [0.15, 0.2) is 6.23 Å². The van der Waals surface area contributed by atoms with E-state index in [2.05, 4.69) is 17.2 Å². The fourth-order valence-electron chi connectivity index (χ4n) is 2.32. The van der Waals surface area contributed by atoms with Crippen LogP contribution in [0.2, 0.25) is 0 Å². The highest BCUT2D eigenvalue weighted by Crippen LogP contribution is 2.24. The first-order chi connectivity index (χ1) is 10.7. The van der Waals surface area contributed by atoms with E-state index in [1.54, 1.807) is 0 Å². The Bertz CT molecular complexity index is 700. The van der Waals surface area contributed by atoms with Crippen molar-refractivity contribution < 1.29 is 9.53 Å². The maximum Gasteiger partial charge on any atom is 0.228 e. The lowest BCUT2D eigenvalue weighted by Crippen LogP contribution is -2.46. The maximum absolute atomic E-state index is 12.1. The minimum Gasteiger partial charge on any atom is -0.337 e. The van der Waals surface area contributed by atoms with Crippen molar-refractivity contribution in [2.75, 3.05) is 0 Å². The number of hydrogen-bond acceptors (Lipinski definition) is 2. The third-order valence-corrected chi connectivity index (χ3v) is 3.66. The molecule has 1 heterocycles. The molecule has 1 fully saturated rings. The molecule has 0 unspecified atom stereocenters. The quantitative estimate of drug-likeness (QED) is 0.820. The van der Waals surface area contributed by atoms with E-state index in [1.165, 1.54) is 0 Å². The summed E-state index contributed by atoms with van der Waals surface area (Å²) in [6.45, 7) is 1.83. The predicted molar refractivity (Wildman–Crippen MR) is 84.7 cm³/mol. The number of rotatable bonds is 1. The molecule has 1 N–H and O–H groups in total. The Balaban J connectivity index is 1.81. The predicted octanol–water partition coefficient (Wildman–Crippen LogP) is 2.89. The molecular formula is C19H17NO2. The Kier molecular flexibility index (Phi) is 4.22. The lowest BCUT2D eigenvalue weighted by Gasteiger charge is -2.32. The van der Waals surface area contributed by atoms with Gasteiger partial charge in [-0.25, -0.2) is 0 Å². The Morgan fingerprint density at radius 3 is 2.32 bits per heavy atom. The van der Waals surface area contributed by atoms with Gasteiger partial charge in [0.25, 0.3) is 0 Å². The Hall–Kier alpha value is -2.57. The van der Waals surface area contributed by atoms with Gasteiger partial charge in [-0.15, -0.1) is 0 Å². The third kappa shape index (κ3) is 3.19. The van der Waals surface area contributed by atoms with Crippen LogP contribution >= 0.6 is 0 Å². The summed E-state index contributed by atoms with van der Waals surface area (Å²) in [6, 6.07) is 19.4. The molecule has 2 aromatic rings. The highest BCUT2D eigenvalue weighted by atomic mass is 16.5. The van der Waals surface area contributed by atoms with Crippen molar-refractivity contribution in [1.29, 1.82) is 0 Å². The molecule has 3 heteroatoms. The smallest absolute Gasteiger partial charge is 0.228 e. The SMILES string of the molecule is C[C@@H]1C(=O)N[C@H](c2ccccc2)O[C@@H]1C#Cc1ccccc1. The second-order valence-electron chi connectivity index (χ2n) is 5.28. The Labute approximate surface area is 130 Å². The maximum atomic E-state index is 12.1. The van der Waals surface area contributed by atoms with E-state index in [-0.39, 0.29) is 11.8 Å². The first-order valence-corrected chi connectivity index (χ1v) is 7.31. The molecule has 1 aliphatic rings. The van der Waals surface area contributed by atoms with Crippen LogP contribution in [-0.4, -0.2) is 12.0 Å². The topological polar surface area (TPSA) is 38.3 Å². The molecule has 2 aromatic carbocycles. The van der Waals surface area contributed by atoms with E-state index in [4.69, 9.17) is 4.74 Å². The van der Waals surface area contributed by atoms with Crippen LogP contribution in [-0.2, 0) is 9.53 Å². The van der Waals surface area contributed by atoms with Crippen LogP contribution in [0.15, 0.2) is 60.7 Å². The van der Waals surface area contributed by atoms with Crippen LogP contribution in [0.25, 0.3) is 0 Å². The van der Waals surface area contributed by atoms with E-state index in [0.717, 1.165) is 11.1 Å². The monoisotopic (exact) mass is 291 g/mol. The molecule has 0 aromatic heterocycles. The number of amides is 1. The van der Waals surface area contributed by atoms with Crippen LogP contribution in [0.4, 0.5) is 0 Å². The van der Waals surface area contributed by atoms with E-state index in [0.29, 0.717) is 0 Å². The summed E-state index contributed by atoms with van der Waals surface area (Å²) in [4.78, 5) is 12.1. The fraction of sp³-hybridized carbons (Fsp3) is 0.211. The highest BCUT2D eigenvalue weighted by Gasteiger charge is 2.33. The number of nitrogens with one attached hydrogen (secondary N) is 1. The van der Waals surface area contributed by atoms with Gasteiger partial charge in [-0.05, 0) is 12.1 Å². The average Bonchev–Trinajstić information content (AvgIpc) is 2.58. The van der Waals surface area contributed by atoms with Crippen LogP contribution < -0.4 is 5.32 Å². The standard InChI is InChI=1S/C19H17NO2/c1-14-17(13-12-15-8-4-2-5-9-15)22-19(20-18(14)21)16-10-6-3-7-11-16/h2-11,14,17,19H,1H3,(H,20,21)/t14-,17+,19-/m0/s1. The summed E-state index contributed by atoms with van der Waals surface area (Å²) in [6.07, 6.45) is -0.862. The molecule has 0 aliphatic carbocycles. The van der Waals surface area contributed by atoms with Crippen molar-refractivity contribution >= 4 is 5.91 Å². The van der Waals surface area contributed by atoms with Crippen LogP contribution in [0.5, 0.6) is 0 Å². The molecule has 0 saturated carbocycles. The number of hydrogen-bond donors (Lipinski definition) is 1. The molecule has 3 atom stereocenters. The fourth-order valence-corrected chi connectivity index (χ4v) is 2.32. The average molecular weight is 291 g/mol. The normalized spacial score (nSPS) is 24.0. The first-order valence-electron chi connectivity index (χ1n) is 7.31. The summed E-state index contributed by atoms with van der Waals surface area (Å²) in [5.74, 6) is 5.84. The van der Waals surface area contributed by atoms with Crippen LogP contribution in [0, 0.1) is 17.8 Å². The van der Waals surface area contributed by atoms with Crippen molar-refractivity contribution in [3.05, 3.63) is 71.8 Å². The molecule has 1 saturated heterocycles. The van der Waals surface area contributed by atoms with Gasteiger partial charge >= 0.3 is 0 Å². The number of benzene rings is 2. The van der Waals surface area contributed by atoms with Crippen molar-refractivity contribution in [2.45, 2.75) is 19.3 Å². The molecule has 22 heavy (non-hydrogen) atoms. The molecule has 0 spiro atoms. The van der Waals surface area contributed by atoms with E-state index < -0.39 is 12.3 Å². The Morgan fingerprint density at radius 2 is 1.64 bits per heavy atom. The molecule has 0 bridgehead atoms. The van der Waals surface area contributed by atoms with Gasteiger partial charge < -0.3 is 10.1 Å². The number of ether oxygens (including phenoxy) is 1. The van der Waals surface area contributed by atoms with Gasteiger partial charge in [0.05, 0.1) is 5.92 Å². The van der Waals surface area contributed by atoms with E-state index in [9.17, 15) is 4.79 Å². The molecule has 1 aliphatic heterocycles. The molecule has 3 rings (SSSR count). The summed E-state index contributed by atoms with van der Waals surface area (Å²) in [5, 5.41) is 2.88. The minimum atomic E-state index is -0.444. The zero-order valence-corrected chi connectivity index (χ0v) is 12.3. The van der Waals surface area contributed by atoms with Crippen LogP contribution in [0.1, 0.15) is 24.3 Å². The van der Waals surface area contributed by atoms with Crippen molar-refractivity contribution in [1.82, 2.24) is 5.32 Å². The van der Waals surface area contributed by atoms with Gasteiger partial charge in [-0.1, -0.05) is 67.3 Å². The van der Waals surface area contributed by atoms with Crippen molar-refractivity contribution in [2.24, 2.45) is 5.92 Å². The molecule has 3 nitrogen and oxygen atoms in total. The summed E-state index contributed by atoms with van der Waals surface area (Å²) >= 11 is 0. The van der Waals surface area contributed by atoms with Gasteiger partial charge in [0.1, 0.15) is 6.10 Å². The third-order valence-electron chi connectivity index (χ3n) is 3.66. The van der Waals surface area contributed by atoms with Gasteiger partial charge in [-0.2, -0.15) is 0 Å². The number of carbonyl (C=O) groups is 1. The molecular weight excluding hydrogens is 274 g/mol. The lowest BCUT2D eigenvalue weighted by molar-refractivity contribution is -0.146. The van der Waals surface area contributed by atoms with Crippen molar-refractivity contribution in [3.8, 4) is 11.8 Å². The molecule has 110 valence electrons. The Morgan fingerprint density at radius 1 is 1.00 bits per heavy atom. The summed E-state index contributed by atoms with van der Waals surface area (Å²) < 4.78 is 5.97. The lowest BCUT2D eigenvalue weighted by atomic mass is 10.0.